The number of carbonyl (C=O) groups excluding carboxylic acids is 1. The van der Waals surface area contributed by atoms with Gasteiger partial charge in [-0.25, -0.2) is 4.79 Å². The van der Waals surface area contributed by atoms with Gasteiger partial charge < -0.3 is 15.4 Å². The third-order valence-corrected chi connectivity index (χ3v) is 3.53. The molecule has 1 unspecified atom stereocenters. The Bertz CT molecular complexity index is 292. The fourth-order valence-corrected chi connectivity index (χ4v) is 2.74. The summed E-state index contributed by atoms with van der Waals surface area (Å²) in [6.07, 6.45) is 4.11. The summed E-state index contributed by atoms with van der Waals surface area (Å²) in [4.78, 5) is 13.9. The summed E-state index contributed by atoms with van der Waals surface area (Å²) in [5, 5.41) is 0. The second-order valence-electron chi connectivity index (χ2n) is 6.13. The van der Waals surface area contributed by atoms with Gasteiger partial charge in [0, 0.05) is 18.1 Å². The van der Waals surface area contributed by atoms with Crippen LogP contribution < -0.4 is 5.73 Å². The molecule has 0 aromatic carbocycles. The molecule has 1 spiro atoms. The van der Waals surface area contributed by atoms with Crippen molar-refractivity contribution in [1.82, 2.24) is 4.90 Å². The van der Waals surface area contributed by atoms with Crippen LogP contribution >= 0.6 is 0 Å². The molecule has 92 valence electrons. The van der Waals surface area contributed by atoms with Gasteiger partial charge in [0.2, 0.25) is 0 Å². The molecule has 2 N–H and O–H groups in total. The molecule has 1 atom stereocenters. The van der Waals surface area contributed by atoms with Crippen molar-refractivity contribution in [3.8, 4) is 0 Å². The summed E-state index contributed by atoms with van der Waals surface area (Å²) in [7, 11) is 0. The van der Waals surface area contributed by atoms with Crippen LogP contribution in [-0.4, -0.2) is 34.7 Å². The summed E-state index contributed by atoms with van der Waals surface area (Å²) in [6.45, 7) is 6.34. The molecule has 1 amide bonds. The summed E-state index contributed by atoms with van der Waals surface area (Å²) < 4.78 is 5.43. The number of nitrogens with two attached hydrogens (primary N) is 1. The molecular formula is C12H22N2O2. The van der Waals surface area contributed by atoms with Gasteiger partial charge >= 0.3 is 6.09 Å². The topological polar surface area (TPSA) is 55.6 Å². The Kier molecular flexibility index (Phi) is 2.65. The first kappa shape index (κ1) is 11.7. The highest BCUT2D eigenvalue weighted by molar-refractivity contribution is 5.70. The first-order valence-corrected chi connectivity index (χ1v) is 6.09. The minimum Gasteiger partial charge on any atom is -0.444 e. The van der Waals surface area contributed by atoms with Gasteiger partial charge in [0.25, 0.3) is 0 Å². The lowest BCUT2D eigenvalue weighted by molar-refractivity contribution is -0.00978. The van der Waals surface area contributed by atoms with Crippen LogP contribution in [0.1, 0.15) is 46.5 Å². The van der Waals surface area contributed by atoms with Crippen LogP contribution in [0.5, 0.6) is 0 Å². The average molecular weight is 226 g/mol. The number of hydrogen-bond acceptors (Lipinski definition) is 3. The van der Waals surface area contributed by atoms with Crippen molar-refractivity contribution in [3.63, 3.8) is 0 Å². The molecule has 0 radical (unpaired) electrons. The summed E-state index contributed by atoms with van der Waals surface area (Å²) in [6, 6.07) is 0.118. The van der Waals surface area contributed by atoms with Crippen LogP contribution in [0.2, 0.25) is 0 Å². The van der Waals surface area contributed by atoms with E-state index in [1.165, 1.54) is 6.42 Å². The quantitative estimate of drug-likeness (QED) is 0.686. The summed E-state index contributed by atoms with van der Waals surface area (Å²) in [5.41, 5.74) is 5.57. The van der Waals surface area contributed by atoms with E-state index < -0.39 is 5.60 Å². The molecule has 4 nitrogen and oxygen atoms in total. The normalized spacial score (nSPS) is 28.0. The van der Waals surface area contributed by atoms with Gasteiger partial charge in [-0.2, -0.15) is 0 Å². The minimum atomic E-state index is -0.422. The average Bonchev–Trinajstić information content (AvgIpc) is 2.39. The molecule has 1 aliphatic heterocycles. The fourth-order valence-electron chi connectivity index (χ4n) is 2.74. The number of rotatable bonds is 0. The van der Waals surface area contributed by atoms with Crippen molar-refractivity contribution in [2.75, 3.05) is 6.54 Å². The number of likely N-dealkylation sites (tertiary alicyclic amines) is 1. The third-order valence-electron chi connectivity index (χ3n) is 3.53. The van der Waals surface area contributed by atoms with E-state index in [0.717, 1.165) is 19.3 Å². The number of nitrogens with zero attached hydrogens (tertiary/aromatic N) is 1. The van der Waals surface area contributed by atoms with Crippen molar-refractivity contribution >= 4 is 6.09 Å². The van der Waals surface area contributed by atoms with E-state index in [2.05, 4.69) is 0 Å². The van der Waals surface area contributed by atoms with Gasteiger partial charge in [-0.05, 0) is 46.5 Å². The van der Waals surface area contributed by atoms with Gasteiger partial charge in [0.05, 0.1) is 0 Å². The lowest BCUT2D eigenvalue weighted by Gasteiger charge is -2.45. The Labute approximate surface area is 97.1 Å². The van der Waals surface area contributed by atoms with Crippen molar-refractivity contribution in [1.29, 1.82) is 0 Å². The molecule has 16 heavy (non-hydrogen) atoms. The lowest BCUT2D eigenvalue weighted by atomic mass is 9.74. The number of hydrogen-bond donors (Lipinski definition) is 1. The van der Waals surface area contributed by atoms with Crippen LogP contribution in [0.15, 0.2) is 0 Å². The van der Waals surface area contributed by atoms with Crippen molar-refractivity contribution in [2.24, 2.45) is 5.73 Å². The minimum absolute atomic E-state index is 0.0295. The zero-order valence-corrected chi connectivity index (χ0v) is 10.5. The Hall–Kier alpha value is -0.770. The first-order valence-electron chi connectivity index (χ1n) is 6.09. The predicted molar refractivity (Wildman–Crippen MR) is 62.1 cm³/mol. The lowest BCUT2D eigenvalue weighted by Crippen LogP contribution is -2.53. The van der Waals surface area contributed by atoms with Gasteiger partial charge in [-0.15, -0.1) is 0 Å². The maximum atomic E-state index is 12.1. The van der Waals surface area contributed by atoms with E-state index in [4.69, 9.17) is 10.5 Å². The SMILES string of the molecule is CC(C)(C)OC(=O)N1CC(N)CC12CCC2. The molecule has 2 fully saturated rings. The van der Waals surface area contributed by atoms with Gasteiger partial charge in [0.15, 0.2) is 0 Å². The van der Waals surface area contributed by atoms with Crippen molar-refractivity contribution in [3.05, 3.63) is 0 Å². The molecule has 1 saturated heterocycles. The van der Waals surface area contributed by atoms with Gasteiger partial charge in [0.1, 0.15) is 5.60 Å². The molecule has 2 aliphatic rings. The number of carbonyl (C=O) groups is 1. The van der Waals surface area contributed by atoms with E-state index in [1.54, 1.807) is 0 Å². The van der Waals surface area contributed by atoms with E-state index in [1.807, 2.05) is 25.7 Å². The molecule has 2 rings (SSSR count). The third kappa shape index (κ3) is 2.03. The molecular weight excluding hydrogens is 204 g/mol. The predicted octanol–water partition coefficient (Wildman–Crippen LogP) is 1.88. The number of amides is 1. The Balaban J connectivity index is 2.05. The van der Waals surface area contributed by atoms with Crippen molar-refractivity contribution in [2.45, 2.75) is 63.6 Å². The second-order valence-corrected chi connectivity index (χ2v) is 6.13. The highest BCUT2D eigenvalue weighted by atomic mass is 16.6. The maximum Gasteiger partial charge on any atom is 0.410 e. The van der Waals surface area contributed by atoms with Crippen LogP contribution in [0, 0.1) is 0 Å². The molecule has 0 bridgehead atoms. The highest BCUT2D eigenvalue weighted by Crippen LogP contribution is 2.45. The Morgan fingerprint density at radius 3 is 2.50 bits per heavy atom. The fraction of sp³-hybridized carbons (Fsp3) is 0.917. The van der Waals surface area contributed by atoms with Crippen LogP contribution in [0.3, 0.4) is 0 Å². The van der Waals surface area contributed by atoms with E-state index in [9.17, 15) is 4.79 Å². The molecule has 1 heterocycles. The van der Waals surface area contributed by atoms with Crippen molar-refractivity contribution < 1.29 is 9.53 Å². The first-order chi connectivity index (χ1) is 7.32. The summed E-state index contributed by atoms with van der Waals surface area (Å²) >= 11 is 0. The molecule has 1 aliphatic carbocycles. The van der Waals surface area contributed by atoms with E-state index >= 15 is 0 Å². The molecule has 0 aromatic rings. The highest BCUT2D eigenvalue weighted by Gasteiger charge is 2.51. The van der Waals surface area contributed by atoms with Gasteiger partial charge in [-0.3, -0.25) is 0 Å². The van der Waals surface area contributed by atoms with Crippen LogP contribution in [-0.2, 0) is 4.74 Å². The standard InChI is InChI=1S/C12H22N2O2/c1-11(2,3)16-10(15)14-8-9(13)7-12(14)5-4-6-12/h9H,4-8,13H2,1-3H3. The number of ether oxygens (including phenoxy) is 1. The van der Waals surface area contributed by atoms with Crippen LogP contribution in [0.25, 0.3) is 0 Å². The monoisotopic (exact) mass is 226 g/mol. The Morgan fingerprint density at radius 2 is 2.06 bits per heavy atom. The zero-order valence-electron chi connectivity index (χ0n) is 10.5. The molecule has 1 saturated carbocycles. The summed E-state index contributed by atoms with van der Waals surface area (Å²) in [5.74, 6) is 0. The van der Waals surface area contributed by atoms with Gasteiger partial charge in [-0.1, -0.05) is 0 Å². The van der Waals surface area contributed by atoms with E-state index in [-0.39, 0.29) is 17.7 Å². The van der Waals surface area contributed by atoms with Crippen LogP contribution in [0.4, 0.5) is 4.79 Å². The second kappa shape index (κ2) is 3.62. The van der Waals surface area contributed by atoms with E-state index in [0.29, 0.717) is 6.54 Å². The maximum absolute atomic E-state index is 12.1. The largest absolute Gasteiger partial charge is 0.444 e. The smallest absolute Gasteiger partial charge is 0.410 e. The molecule has 4 heteroatoms. The zero-order chi connectivity index (χ0) is 12.0. The molecule has 0 aromatic heterocycles. The Morgan fingerprint density at radius 1 is 1.44 bits per heavy atom.